The number of thiazole rings is 1. The Labute approximate surface area is 112 Å². The van der Waals surface area contributed by atoms with Gasteiger partial charge in [0.2, 0.25) is 0 Å². The van der Waals surface area contributed by atoms with Crippen LogP contribution in [0.25, 0.3) is 0 Å². The van der Waals surface area contributed by atoms with E-state index in [1.165, 1.54) is 11.5 Å². The predicted molar refractivity (Wildman–Crippen MR) is 74.2 cm³/mol. The SMILES string of the molecule is CNC(=O)c1c(N)nsc1NCCc1nccs1. The van der Waals surface area contributed by atoms with Gasteiger partial charge in [-0.05, 0) is 11.5 Å². The summed E-state index contributed by atoms with van der Waals surface area (Å²) in [5.41, 5.74) is 6.09. The van der Waals surface area contributed by atoms with Crippen LogP contribution in [0.5, 0.6) is 0 Å². The van der Waals surface area contributed by atoms with Gasteiger partial charge >= 0.3 is 0 Å². The molecule has 0 bridgehead atoms. The maximum absolute atomic E-state index is 11.6. The molecule has 2 aromatic rings. The van der Waals surface area contributed by atoms with Crippen LogP contribution >= 0.6 is 22.9 Å². The molecule has 4 N–H and O–H groups in total. The van der Waals surface area contributed by atoms with Crippen LogP contribution in [0.4, 0.5) is 10.8 Å². The van der Waals surface area contributed by atoms with Gasteiger partial charge in [0.15, 0.2) is 5.82 Å². The van der Waals surface area contributed by atoms with Crippen molar-refractivity contribution in [2.75, 3.05) is 24.6 Å². The first-order valence-corrected chi connectivity index (χ1v) is 6.97. The number of rotatable bonds is 5. The van der Waals surface area contributed by atoms with E-state index in [1.807, 2.05) is 5.38 Å². The maximum Gasteiger partial charge on any atom is 0.257 e. The minimum atomic E-state index is -0.224. The first kappa shape index (κ1) is 12.8. The lowest BCUT2D eigenvalue weighted by molar-refractivity contribution is 0.0965. The molecule has 0 aliphatic carbocycles. The molecule has 8 heteroatoms. The second kappa shape index (κ2) is 5.78. The predicted octanol–water partition coefficient (Wildman–Crippen LogP) is 1.20. The summed E-state index contributed by atoms with van der Waals surface area (Å²) in [5.74, 6) is 0.0362. The van der Waals surface area contributed by atoms with Crippen LogP contribution < -0.4 is 16.4 Å². The molecule has 0 radical (unpaired) electrons. The van der Waals surface area contributed by atoms with E-state index in [4.69, 9.17) is 5.73 Å². The van der Waals surface area contributed by atoms with Gasteiger partial charge in [0.1, 0.15) is 10.6 Å². The van der Waals surface area contributed by atoms with Crippen molar-refractivity contribution >= 4 is 39.6 Å². The summed E-state index contributed by atoms with van der Waals surface area (Å²) in [5, 5.41) is 9.41. The van der Waals surface area contributed by atoms with E-state index in [9.17, 15) is 4.79 Å². The summed E-state index contributed by atoms with van der Waals surface area (Å²) in [6.07, 6.45) is 2.59. The second-order valence-corrected chi connectivity index (χ2v) is 5.21. The zero-order valence-corrected chi connectivity index (χ0v) is 11.4. The zero-order valence-electron chi connectivity index (χ0n) is 9.77. The van der Waals surface area contributed by atoms with Gasteiger partial charge < -0.3 is 16.4 Å². The molecule has 18 heavy (non-hydrogen) atoms. The third kappa shape index (κ3) is 2.77. The van der Waals surface area contributed by atoms with E-state index < -0.39 is 0 Å². The third-order valence-corrected chi connectivity index (χ3v) is 3.94. The van der Waals surface area contributed by atoms with Crippen molar-refractivity contribution in [3.8, 4) is 0 Å². The number of nitrogens with two attached hydrogens (primary N) is 1. The summed E-state index contributed by atoms with van der Waals surface area (Å²) in [7, 11) is 1.57. The Morgan fingerprint density at radius 1 is 1.56 bits per heavy atom. The first-order valence-electron chi connectivity index (χ1n) is 5.32. The van der Waals surface area contributed by atoms with Gasteiger partial charge in [0.05, 0.1) is 5.01 Å². The van der Waals surface area contributed by atoms with Crippen molar-refractivity contribution in [3.05, 3.63) is 22.1 Å². The molecule has 1 amide bonds. The number of hydrogen-bond acceptors (Lipinski definition) is 7. The van der Waals surface area contributed by atoms with Gasteiger partial charge in [0, 0.05) is 31.6 Å². The van der Waals surface area contributed by atoms with E-state index in [0.29, 0.717) is 17.1 Å². The lowest BCUT2D eigenvalue weighted by Crippen LogP contribution is -2.20. The Hall–Kier alpha value is -1.67. The lowest BCUT2D eigenvalue weighted by atomic mass is 10.3. The molecule has 0 saturated heterocycles. The van der Waals surface area contributed by atoms with E-state index in [1.54, 1.807) is 24.6 Å². The molecule has 0 spiro atoms. The fourth-order valence-corrected chi connectivity index (χ4v) is 2.78. The molecule has 0 aromatic carbocycles. The Bertz CT molecular complexity index is 522. The van der Waals surface area contributed by atoms with Gasteiger partial charge in [-0.1, -0.05) is 0 Å². The highest BCUT2D eigenvalue weighted by molar-refractivity contribution is 7.11. The van der Waals surface area contributed by atoms with Gasteiger partial charge in [-0.2, -0.15) is 4.37 Å². The van der Waals surface area contributed by atoms with Crippen molar-refractivity contribution in [2.45, 2.75) is 6.42 Å². The molecule has 2 heterocycles. The number of nitrogens with one attached hydrogen (secondary N) is 2. The van der Waals surface area contributed by atoms with Crippen LogP contribution in [0, 0.1) is 0 Å². The average molecular weight is 283 g/mol. The number of nitrogens with zero attached hydrogens (tertiary/aromatic N) is 2. The van der Waals surface area contributed by atoms with Crippen LogP contribution in [0.2, 0.25) is 0 Å². The molecule has 2 rings (SSSR count). The molecule has 6 nitrogen and oxygen atoms in total. The van der Waals surface area contributed by atoms with Crippen molar-refractivity contribution < 1.29 is 4.79 Å². The molecule has 96 valence electrons. The second-order valence-electron chi connectivity index (χ2n) is 3.45. The monoisotopic (exact) mass is 283 g/mol. The van der Waals surface area contributed by atoms with Gasteiger partial charge in [-0.15, -0.1) is 11.3 Å². The number of carbonyl (C=O) groups excluding carboxylic acids is 1. The quantitative estimate of drug-likeness (QED) is 0.766. The fourth-order valence-electron chi connectivity index (χ4n) is 1.43. The molecule has 0 fully saturated rings. The molecule has 0 saturated carbocycles. The maximum atomic E-state index is 11.6. The van der Waals surface area contributed by atoms with Gasteiger partial charge in [-0.3, -0.25) is 4.79 Å². The molecule has 2 aromatic heterocycles. The van der Waals surface area contributed by atoms with E-state index in [2.05, 4.69) is 20.0 Å². The van der Waals surface area contributed by atoms with Crippen LogP contribution in [-0.2, 0) is 6.42 Å². The van der Waals surface area contributed by atoms with Crippen LogP contribution in [0.15, 0.2) is 11.6 Å². The van der Waals surface area contributed by atoms with E-state index in [0.717, 1.165) is 11.4 Å². The minimum absolute atomic E-state index is 0.224. The number of anilines is 2. The average Bonchev–Trinajstić information content (AvgIpc) is 2.99. The van der Waals surface area contributed by atoms with Crippen LogP contribution in [0.3, 0.4) is 0 Å². The Morgan fingerprint density at radius 2 is 2.39 bits per heavy atom. The third-order valence-electron chi connectivity index (χ3n) is 2.28. The lowest BCUT2D eigenvalue weighted by Gasteiger charge is -2.05. The summed E-state index contributed by atoms with van der Waals surface area (Å²) in [6, 6.07) is 0. The molecular formula is C10H13N5OS2. The summed E-state index contributed by atoms with van der Waals surface area (Å²) < 4.78 is 3.98. The fraction of sp³-hybridized carbons (Fsp3) is 0.300. The molecule has 0 atom stereocenters. The highest BCUT2D eigenvalue weighted by Crippen LogP contribution is 2.26. The first-order chi connectivity index (χ1) is 8.72. The van der Waals surface area contributed by atoms with Crippen molar-refractivity contribution in [1.29, 1.82) is 0 Å². The molecule has 0 aliphatic rings. The Balaban J connectivity index is 1.99. The van der Waals surface area contributed by atoms with Gasteiger partial charge in [0.25, 0.3) is 5.91 Å². The van der Waals surface area contributed by atoms with Crippen molar-refractivity contribution in [2.24, 2.45) is 0 Å². The highest BCUT2D eigenvalue weighted by atomic mass is 32.1. The van der Waals surface area contributed by atoms with E-state index >= 15 is 0 Å². The molecule has 0 unspecified atom stereocenters. The number of carbonyl (C=O) groups is 1. The Kier molecular flexibility index (Phi) is 4.11. The number of nitrogen functional groups attached to an aromatic ring is 1. The normalized spacial score (nSPS) is 10.3. The van der Waals surface area contributed by atoms with Crippen LogP contribution in [0.1, 0.15) is 15.4 Å². The summed E-state index contributed by atoms with van der Waals surface area (Å²) in [4.78, 5) is 15.8. The largest absolute Gasteiger partial charge is 0.382 e. The standard InChI is InChI=1S/C10H13N5OS2/c1-12-9(16)7-8(11)15-18-10(7)14-3-2-6-13-4-5-17-6/h4-5,14H,2-3H2,1H3,(H2,11,15)(H,12,16). The summed E-state index contributed by atoms with van der Waals surface area (Å²) in [6.45, 7) is 0.694. The number of hydrogen-bond donors (Lipinski definition) is 3. The zero-order chi connectivity index (χ0) is 13.0. The number of aromatic nitrogens is 2. The molecule has 0 aliphatic heterocycles. The van der Waals surface area contributed by atoms with Gasteiger partial charge in [-0.25, -0.2) is 4.98 Å². The topological polar surface area (TPSA) is 92.9 Å². The highest BCUT2D eigenvalue weighted by Gasteiger charge is 2.17. The Morgan fingerprint density at radius 3 is 3.06 bits per heavy atom. The van der Waals surface area contributed by atoms with E-state index in [-0.39, 0.29) is 11.7 Å². The smallest absolute Gasteiger partial charge is 0.257 e. The summed E-state index contributed by atoms with van der Waals surface area (Å²) >= 11 is 2.80. The minimum Gasteiger partial charge on any atom is -0.382 e. The van der Waals surface area contributed by atoms with Crippen LogP contribution in [-0.4, -0.2) is 28.9 Å². The number of amides is 1. The van der Waals surface area contributed by atoms with Crippen molar-refractivity contribution in [3.63, 3.8) is 0 Å². The van der Waals surface area contributed by atoms with Crippen molar-refractivity contribution in [1.82, 2.24) is 14.7 Å². The molecular weight excluding hydrogens is 270 g/mol.